The first-order valence-corrected chi connectivity index (χ1v) is 8.01. The normalized spacial score (nSPS) is 15.1. The molecule has 1 atom stereocenters. The summed E-state index contributed by atoms with van der Waals surface area (Å²) in [6, 6.07) is 0.280. The van der Waals surface area contributed by atoms with Crippen molar-refractivity contribution in [3.8, 4) is 0 Å². The minimum atomic E-state index is -3.30. The molecule has 0 amide bonds. The summed E-state index contributed by atoms with van der Waals surface area (Å²) in [7, 11) is -3.30. The van der Waals surface area contributed by atoms with E-state index < -0.39 is 20.9 Å². The number of sulfonamides is 1. The van der Waals surface area contributed by atoms with Gasteiger partial charge in [0, 0.05) is 25.7 Å². The van der Waals surface area contributed by atoms with Crippen LogP contribution in [0.15, 0.2) is 0 Å². The first-order valence-electron chi connectivity index (χ1n) is 6.46. The molecule has 0 heterocycles. The predicted molar refractivity (Wildman–Crippen MR) is 75.2 cm³/mol. The van der Waals surface area contributed by atoms with Crippen molar-refractivity contribution in [1.29, 1.82) is 0 Å². The summed E-state index contributed by atoms with van der Waals surface area (Å²) in [5.74, 6) is 0. The van der Waals surface area contributed by atoms with E-state index >= 15 is 0 Å². The molecule has 0 saturated carbocycles. The molecule has 6 heteroatoms. The van der Waals surface area contributed by atoms with Gasteiger partial charge in [-0.2, -0.15) is 0 Å². The van der Waals surface area contributed by atoms with Gasteiger partial charge in [-0.15, -0.1) is 0 Å². The summed E-state index contributed by atoms with van der Waals surface area (Å²) in [4.78, 5) is 0. The van der Waals surface area contributed by atoms with Crippen molar-refractivity contribution in [3.05, 3.63) is 0 Å². The third-order valence-corrected chi connectivity index (χ3v) is 4.35. The van der Waals surface area contributed by atoms with E-state index in [2.05, 4.69) is 10.0 Å². The van der Waals surface area contributed by atoms with E-state index in [1.165, 1.54) is 0 Å². The first-order chi connectivity index (χ1) is 8.10. The minimum Gasteiger partial charge on any atom is -0.375 e. The van der Waals surface area contributed by atoms with Crippen LogP contribution in [0.1, 0.15) is 41.5 Å². The van der Waals surface area contributed by atoms with Gasteiger partial charge in [0.15, 0.2) is 0 Å². The lowest BCUT2D eigenvalue weighted by Crippen LogP contribution is -2.46. The van der Waals surface area contributed by atoms with Crippen molar-refractivity contribution in [1.82, 2.24) is 10.0 Å². The van der Waals surface area contributed by atoms with Gasteiger partial charge in [-0.3, -0.25) is 0 Å². The summed E-state index contributed by atoms with van der Waals surface area (Å²) in [6.45, 7) is 12.6. The first kappa shape index (κ1) is 17.8. The second-order valence-corrected chi connectivity index (χ2v) is 7.62. The Bertz CT molecular complexity index is 326. The number of hydrogen-bond donors (Lipinski definition) is 2. The molecule has 1 unspecified atom stereocenters. The van der Waals surface area contributed by atoms with Crippen LogP contribution >= 0.6 is 0 Å². The highest BCUT2D eigenvalue weighted by Gasteiger charge is 2.25. The fourth-order valence-corrected chi connectivity index (χ4v) is 2.52. The van der Waals surface area contributed by atoms with Crippen LogP contribution in [0, 0.1) is 0 Å². The molecule has 0 rings (SSSR count). The molecule has 18 heavy (non-hydrogen) atoms. The Balaban J connectivity index is 4.30. The van der Waals surface area contributed by atoms with Gasteiger partial charge in [0.05, 0.1) is 10.9 Å². The molecule has 0 aliphatic heterocycles. The quantitative estimate of drug-likeness (QED) is 0.664. The lowest BCUT2D eigenvalue weighted by molar-refractivity contribution is -0.00518. The second-order valence-electron chi connectivity index (χ2n) is 5.43. The fourth-order valence-electron chi connectivity index (χ4n) is 1.37. The van der Waals surface area contributed by atoms with Gasteiger partial charge in [0.2, 0.25) is 10.0 Å². The Morgan fingerprint density at radius 3 is 2.22 bits per heavy atom. The summed E-state index contributed by atoms with van der Waals surface area (Å²) < 4.78 is 32.0. The summed E-state index contributed by atoms with van der Waals surface area (Å²) in [6.07, 6.45) is 0. The Labute approximate surface area is 112 Å². The zero-order valence-electron chi connectivity index (χ0n) is 12.4. The van der Waals surface area contributed by atoms with Crippen LogP contribution in [-0.4, -0.2) is 45.0 Å². The smallest absolute Gasteiger partial charge is 0.215 e. The van der Waals surface area contributed by atoms with Crippen molar-refractivity contribution in [2.24, 2.45) is 0 Å². The standard InChI is InChI=1S/C12H28N2O3S/c1-7-17-12(5,6)9-14-18(15,16)11(4)8-13-10(2)3/h10-11,13-14H,7-9H2,1-6H3. The zero-order valence-corrected chi connectivity index (χ0v) is 13.2. The van der Waals surface area contributed by atoms with Crippen LogP contribution in [0.5, 0.6) is 0 Å². The lowest BCUT2D eigenvalue weighted by atomic mass is 10.1. The molecule has 0 aromatic carbocycles. The van der Waals surface area contributed by atoms with E-state index in [0.29, 0.717) is 13.2 Å². The van der Waals surface area contributed by atoms with E-state index in [1.54, 1.807) is 6.92 Å². The average Bonchev–Trinajstić information content (AvgIpc) is 2.23. The zero-order chi connectivity index (χ0) is 14.4. The van der Waals surface area contributed by atoms with E-state index in [9.17, 15) is 8.42 Å². The fraction of sp³-hybridized carbons (Fsp3) is 1.00. The minimum absolute atomic E-state index is 0.280. The van der Waals surface area contributed by atoms with Crippen LogP contribution in [-0.2, 0) is 14.8 Å². The van der Waals surface area contributed by atoms with Gasteiger partial charge in [-0.1, -0.05) is 13.8 Å². The van der Waals surface area contributed by atoms with Gasteiger partial charge in [0.1, 0.15) is 0 Å². The highest BCUT2D eigenvalue weighted by atomic mass is 32.2. The van der Waals surface area contributed by atoms with Gasteiger partial charge < -0.3 is 10.1 Å². The average molecular weight is 280 g/mol. The number of rotatable bonds is 9. The van der Waals surface area contributed by atoms with E-state index in [1.807, 2.05) is 34.6 Å². The molecule has 0 saturated heterocycles. The van der Waals surface area contributed by atoms with Gasteiger partial charge in [-0.05, 0) is 27.7 Å². The third kappa shape index (κ3) is 7.31. The van der Waals surface area contributed by atoms with E-state index in [-0.39, 0.29) is 12.6 Å². The van der Waals surface area contributed by atoms with Crippen LogP contribution in [0.4, 0.5) is 0 Å². The molecular formula is C12H28N2O3S. The molecule has 0 aliphatic rings. The summed E-state index contributed by atoms with van der Waals surface area (Å²) in [5, 5.41) is 2.66. The van der Waals surface area contributed by atoms with Crippen LogP contribution < -0.4 is 10.0 Å². The molecule has 0 spiro atoms. The molecule has 0 aliphatic carbocycles. The van der Waals surface area contributed by atoms with Crippen molar-refractivity contribution >= 4 is 10.0 Å². The SMILES string of the molecule is CCOC(C)(C)CNS(=O)(=O)C(C)CNC(C)C. The Hall–Kier alpha value is -0.170. The van der Waals surface area contributed by atoms with Gasteiger partial charge in [-0.25, -0.2) is 13.1 Å². The lowest BCUT2D eigenvalue weighted by Gasteiger charge is -2.26. The summed E-state index contributed by atoms with van der Waals surface area (Å²) >= 11 is 0. The van der Waals surface area contributed by atoms with Gasteiger partial charge >= 0.3 is 0 Å². The highest BCUT2D eigenvalue weighted by Crippen LogP contribution is 2.08. The van der Waals surface area contributed by atoms with Crippen molar-refractivity contribution in [2.45, 2.75) is 58.4 Å². The Morgan fingerprint density at radius 2 is 1.78 bits per heavy atom. The number of nitrogens with one attached hydrogen (secondary N) is 2. The van der Waals surface area contributed by atoms with Crippen molar-refractivity contribution in [2.75, 3.05) is 19.7 Å². The second kappa shape index (κ2) is 7.43. The van der Waals surface area contributed by atoms with E-state index in [0.717, 1.165) is 0 Å². The van der Waals surface area contributed by atoms with Crippen LogP contribution in [0.25, 0.3) is 0 Å². The van der Waals surface area contributed by atoms with Crippen molar-refractivity contribution in [3.63, 3.8) is 0 Å². The third-order valence-electron chi connectivity index (χ3n) is 2.58. The number of ether oxygens (including phenoxy) is 1. The van der Waals surface area contributed by atoms with Crippen LogP contribution in [0.2, 0.25) is 0 Å². The maximum absolute atomic E-state index is 12.0. The maximum atomic E-state index is 12.0. The van der Waals surface area contributed by atoms with E-state index in [4.69, 9.17) is 4.74 Å². The van der Waals surface area contributed by atoms with Crippen molar-refractivity contribution < 1.29 is 13.2 Å². The Morgan fingerprint density at radius 1 is 1.22 bits per heavy atom. The van der Waals surface area contributed by atoms with Gasteiger partial charge in [0.25, 0.3) is 0 Å². The molecule has 0 bridgehead atoms. The molecule has 0 aromatic heterocycles. The molecule has 0 radical (unpaired) electrons. The molecule has 2 N–H and O–H groups in total. The molecule has 5 nitrogen and oxygen atoms in total. The summed E-state index contributed by atoms with van der Waals surface area (Å²) in [5.41, 5.74) is -0.479. The maximum Gasteiger partial charge on any atom is 0.215 e. The monoisotopic (exact) mass is 280 g/mol. The molecular weight excluding hydrogens is 252 g/mol. The molecule has 0 aromatic rings. The highest BCUT2D eigenvalue weighted by molar-refractivity contribution is 7.90. The largest absolute Gasteiger partial charge is 0.375 e. The number of hydrogen-bond acceptors (Lipinski definition) is 4. The molecule has 0 fully saturated rings. The topological polar surface area (TPSA) is 67.4 Å². The predicted octanol–water partition coefficient (Wildman–Crippen LogP) is 1.11. The van der Waals surface area contributed by atoms with Crippen LogP contribution in [0.3, 0.4) is 0 Å². The Kier molecular flexibility index (Phi) is 7.36. The molecule has 110 valence electrons.